The molecule has 0 aliphatic heterocycles. The first-order chi connectivity index (χ1) is 17.5. The van der Waals surface area contributed by atoms with E-state index < -0.39 is 0 Å². The van der Waals surface area contributed by atoms with E-state index in [1.165, 1.54) is 3.17 Å². The summed E-state index contributed by atoms with van der Waals surface area (Å²) in [5.41, 5.74) is 5.46. The predicted octanol–water partition coefficient (Wildman–Crippen LogP) is 8.58. The van der Waals surface area contributed by atoms with Gasteiger partial charge < -0.3 is 0 Å². The van der Waals surface area contributed by atoms with E-state index in [1.54, 1.807) is 24.8 Å². The summed E-state index contributed by atoms with van der Waals surface area (Å²) in [6.45, 7) is 0. The Bertz CT molecular complexity index is 1230. The van der Waals surface area contributed by atoms with Crippen LogP contribution in [0.1, 0.15) is 0 Å². The Hall–Kier alpha value is -1.66. The number of hydrogen-bond acceptors (Lipinski definition) is 6. The monoisotopic (exact) mass is 920 g/mol. The Morgan fingerprint density at radius 2 is 0.639 bits per heavy atom. The van der Waals surface area contributed by atoms with E-state index in [2.05, 4.69) is 110 Å². The highest BCUT2D eigenvalue weighted by molar-refractivity contribution is 14.2. The average molecular weight is 920 g/mol. The largest absolute Gasteiger partial charge is 0.255 e. The third-order valence-corrected chi connectivity index (χ3v) is 11.0. The second-order valence-electron chi connectivity index (χ2n) is 7.00. The molecule has 36 heavy (non-hydrogen) atoms. The molecule has 0 fully saturated rings. The van der Waals surface area contributed by atoms with Crippen molar-refractivity contribution >= 4 is 90.4 Å². The van der Waals surface area contributed by atoms with Crippen LogP contribution in [0.3, 0.4) is 0 Å². The minimum absolute atomic E-state index is 0.648. The third kappa shape index (κ3) is 7.22. The predicted molar refractivity (Wildman–Crippen MR) is 178 cm³/mol. The van der Waals surface area contributed by atoms with Gasteiger partial charge in [0.1, 0.15) is 22.8 Å². The molecule has 5 aromatic rings. The Labute approximate surface area is 263 Å². The number of nitrogens with zero attached hydrogens (tertiary/aromatic N) is 6. The second-order valence-corrected chi connectivity index (χ2v) is 15.4. The van der Waals surface area contributed by atoms with Gasteiger partial charge in [0, 0.05) is 24.8 Å². The molecule has 0 unspecified atom stereocenters. The summed E-state index contributed by atoms with van der Waals surface area (Å²) >= 11 is 9.13. The maximum atomic E-state index is 5.00. The molecule has 5 rings (SSSR count). The quantitative estimate of drug-likeness (QED) is 0.168. The van der Waals surface area contributed by atoms with Crippen LogP contribution in [-0.4, -0.2) is 29.9 Å². The molecule has 0 spiro atoms. The molecule has 0 radical (unpaired) electrons. The Morgan fingerprint density at radius 3 is 0.806 bits per heavy atom. The van der Waals surface area contributed by atoms with Gasteiger partial charge in [0.15, 0.2) is 0 Å². The number of rotatable bonds is 4. The topological polar surface area (TPSA) is 77.3 Å². The molecule has 0 aliphatic carbocycles. The lowest BCUT2D eigenvalue weighted by Gasteiger charge is -2.14. The molecular weight excluding hydrogens is 904 g/mol. The summed E-state index contributed by atoms with van der Waals surface area (Å²) in [7, 11) is 0. The first-order valence-corrected chi connectivity index (χ1v) is 14.8. The molecule has 0 saturated carbocycles. The van der Waals surface area contributed by atoms with Crippen molar-refractivity contribution in [1.82, 2.24) is 29.9 Å². The lowest BCUT2D eigenvalue weighted by Crippen LogP contribution is -2.03. The van der Waals surface area contributed by atoms with Crippen LogP contribution < -0.4 is 0 Å². The van der Waals surface area contributed by atoms with E-state index in [1.807, 2.05) is 72.8 Å². The normalized spacial score (nSPS) is 10.2. The molecule has 5 aromatic heterocycles. The van der Waals surface area contributed by atoms with Crippen LogP contribution >= 0.6 is 90.4 Å². The molecule has 0 aromatic carbocycles. The number of halogens is 4. The molecule has 0 bridgehead atoms. The molecule has 0 aliphatic rings. The summed E-state index contributed by atoms with van der Waals surface area (Å²) in [6, 6.07) is 22.9. The summed E-state index contributed by atoms with van der Waals surface area (Å²) in [5.74, 6) is 0. The van der Waals surface area contributed by atoms with Crippen LogP contribution in [0, 0.1) is 0 Å². The van der Waals surface area contributed by atoms with Crippen molar-refractivity contribution in [3.63, 3.8) is 0 Å². The van der Waals surface area contributed by atoms with Gasteiger partial charge in [-0.15, -0.1) is 0 Å². The van der Waals surface area contributed by atoms with Gasteiger partial charge in [-0.1, -0.05) is 24.3 Å². The Kier molecular flexibility index (Phi) is 10.5. The fraction of sp³-hybridized carbons (Fsp3) is 0. The molecule has 5 heterocycles. The van der Waals surface area contributed by atoms with Crippen LogP contribution in [0.25, 0.3) is 45.6 Å². The highest BCUT2D eigenvalue weighted by atomic mass is 127. The van der Waals surface area contributed by atoms with Gasteiger partial charge in [-0.05, 0) is 139 Å². The maximum absolute atomic E-state index is 5.00. The fourth-order valence-corrected chi connectivity index (χ4v) is 3.16. The minimum Gasteiger partial charge on any atom is -0.255 e. The molecule has 10 heteroatoms. The molecule has 0 atom stereocenters. The van der Waals surface area contributed by atoms with Crippen molar-refractivity contribution < 1.29 is 0 Å². The number of aromatic nitrogens is 6. The lowest BCUT2D eigenvalue weighted by atomic mass is 10.1. The lowest BCUT2D eigenvalue weighted by molar-refractivity contribution is 1.13. The van der Waals surface area contributed by atoms with Crippen molar-refractivity contribution in [3.8, 4) is 45.6 Å². The maximum Gasteiger partial charge on any atom is 0.117 e. The molecule has 0 amide bonds. The summed E-state index contributed by atoms with van der Waals surface area (Å²) in [5, 5.41) is 0. The van der Waals surface area contributed by atoms with Crippen LogP contribution in [0.15, 0.2) is 101 Å². The van der Waals surface area contributed by atoms with Crippen LogP contribution in [-0.2, 0) is 0 Å². The fourth-order valence-electron chi connectivity index (χ4n) is 3.16. The first-order valence-electron chi connectivity index (χ1n) is 10.5. The van der Waals surface area contributed by atoms with E-state index in [4.69, 9.17) is 9.97 Å². The summed E-state index contributed by atoms with van der Waals surface area (Å²) < 4.78 is 2.68. The molecular formula is C26H16I4N6. The van der Waals surface area contributed by atoms with Gasteiger partial charge in [-0.3, -0.25) is 19.9 Å². The van der Waals surface area contributed by atoms with Crippen LogP contribution in [0.5, 0.6) is 0 Å². The Balaban J connectivity index is 0.000000455. The first kappa shape index (κ1) is 27.4. The van der Waals surface area contributed by atoms with E-state index in [9.17, 15) is 0 Å². The molecule has 178 valence electrons. The van der Waals surface area contributed by atoms with E-state index in [0.717, 1.165) is 22.8 Å². The number of pyridine rings is 4. The summed E-state index contributed by atoms with van der Waals surface area (Å²) in [4.78, 5) is 28.0. The smallest absolute Gasteiger partial charge is 0.117 e. The van der Waals surface area contributed by atoms with Crippen molar-refractivity contribution in [2.75, 3.05) is 0 Å². The minimum atomic E-state index is 0.648. The molecule has 0 saturated heterocycles. The standard InChI is InChI=1S/C24H16N6.C2I4/c1-5-13-25-17(9-1)21-22(18-10-2-6-14-26-18)30-24(20-12-4-8-16-28-20)23(29-21)19-11-3-7-15-27-19;3-1(4)2(5)6/h1-16H;. The van der Waals surface area contributed by atoms with E-state index in [0.29, 0.717) is 22.8 Å². The van der Waals surface area contributed by atoms with Gasteiger partial charge >= 0.3 is 0 Å². The van der Waals surface area contributed by atoms with E-state index >= 15 is 0 Å². The van der Waals surface area contributed by atoms with Crippen molar-refractivity contribution in [2.45, 2.75) is 0 Å². The van der Waals surface area contributed by atoms with Crippen LogP contribution in [0.4, 0.5) is 0 Å². The molecule has 0 N–H and O–H groups in total. The van der Waals surface area contributed by atoms with E-state index in [-0.39, 0.29) is 0 Å². The van der Waals surface area contributed by atoms with Gasteiger partial charge in [0.25, 0.3) is 0 Å². The number of hydrogen-bond donors (Lipinski definition) is 0. The zero-order valence-electron chi connectivity index (χ0n) is 18.4. The van der Waals surface area contributed by atoms with Gasteiger partial charge in [0.05, 0.1) is 25.9 Å². The van der Waals surface area contributed by atoms with Crippen molar-refractivity contribution in [2.24, 2.45) is 0 Å². The SMILES string of the molecule is IC(I)=C(I)I.c1ccc(-c2nc(-c3ccccn3)c(-c3ccccn3)nc2-c2ccccn2)nc1. The zero-order valence-corrected chi connectivity index (χ0v) is 27.1. The summed E-state index contributed by atoms with van der Waals surface area (Å²) in [6.07, 6.45) is 6.97. The van der Waals surface area contributed by atoms with Crippen molar-refractivity contribution in [1.29, 1.82) is 0 Å². The highest BCUT2D eigenvalue weighted by Gasteiger charge is 2.21. The van der Waals surface area contributed by atoms with Crippen molar-refractivity contribution in [3.05, 3.63) is 101 Å². The highest BCUT2D eigenvalue weighted by Crippen LogP contribution is 2.34. The Morgan fingerprint density at radius 1 is 0.389 bits per heavy atom. The third-order valence-electron chi connectivity index (χ3n) is 4.67. The van der Waals surface area contributed by atoms with Gasteiger partial charge in [0.2, 0.25) is 0 Å². The molecule has 6 nitrogen and oxygen atoms in total. The average Bonchev–Trinajstić information content (AvgIpc) is 2.94. The van der Waals surface area contributed by atoms with Gasteiger partial charge in [-0.25, -0.2) is 9.97 Å². The van der Waals surface area contributed by atoms with Crippen LogP contribution in [0.2, 0.25) is 0 Å². The zero-order chi connectivity index (χ0) is 25.3. The second kappa shape index (κ2) is 13.8. The van der Waals surface area contributed by atoms with Gasteiger partial charge in [-0.2, -0.15) is 0 Å².